The zero-order valence-corrected chi connectivity index (χ0v) is 12.7. The quantitative estimate of drug-likeness (QED) is 0.732. The molecule has 7 nitrogen and oxygen atoms in total. The van der Waals surface area contributed by atoms with E-state index in [0.29, 0.717) is 30.4 Å². The smallest absolute Gasteiger partial charge is 0.243 e. The highest BCUT2D eigenvalue weighted by molar-refractivity contribution is 7.99. The molecule has 2 aliphatic rings. The van der Waals surface area contributed by atoms with Gasteiger partial charge < -0.3 is 20.1 Å². The van der Waals surface area contributed by atoms with Crippen LogP contribution >= 0.6 is 11.8 Å². The zero-order valence-electron chi connectivity index (χ0n) is 11.9. The van der Waals surface area contributed by atoms with Crippen molar-refractivity contribution in [1.29, 1.82) is 0 Å². The van der Waals surface area contributed by atoms with Crippen molar-refractivity contribution in [3.05, 3.63) is 18.2 Å². The van der Waals surface area contributed by atoms with Crippen molar-refractivity contribution in [3.63, 3.8) is 0 Å². The predicted molar refractivity (Wildman–Crippen MR) is 83.3 cm³/mol. The number of amides is 2. The molecule has 2 amide bonds. The number of carbonyl (C=O) groups excluding carboxylic acids is 2. The number of nitrogens with one attached hydrogen (secondary N) is 3. The minimum atomic E-state index is -0.282. The number of hydrogen-bond donors (Lipinski definition) is 3. The minimum absolute atomic E-state index is 0.0594. The molecule has 1 aromatic carbocycles. The number of benzene rings is 1. The van der Waals surface area contributed by atoms with Crippen LogP contribution in [0.1, 0.15) is 0 Å². The highest BCUT2D eigenvalue weighted by Gasteiger charge is 2.22. The molecular formula is C14H17N3O4S. The Hall–Kier alpha value is -1.93. The third-order valence-electron chi connectivity index (χ3n) is 3.28. The number of hydrogen-bond acceptors (Lipinski definition) is 6. The maximum atomic E-state index is 11.9. The van der Waals surface area contributed by atoms with Gasteiger partial charge in [0.1, 0.15) is 13.2 Å². The molecule has 1 aromatic rings. The van der Waals surface area contributed by atoms with Crippen LogP contribution in [0.3, 0.4) is 0 Å². The van der Waals surface area contributed by atoms with Crippen molar-refractivity contribution >= 4 is 29.3 Å². The Labute approximate surface area is 132 Å². The van der Waals surface area contributed by atoms with E-state index in [-0.39, 0.29) is 24.4 Å². The number of anilines is 1. The first-order valence-corrected chi connectivity index (χ1v) is 8.16. The monoisotopic (exact) mass is 323 g/mol. The van der Waals surface area contributed by atoms with Gasteiger partial charge in [0.15, 0.2) is 11.5 Å². The Bertz CT molecular complexity index is 575. The fourth-order valence-corrected chi connectivity index (χ4v) is 3.12. The van der Waals surface area contributed by atoms with E-state index in [1.54, 1.807) is 30.0 Å². The van der Waals surface area contributed by atoms with Crippen molar-refractivity contribution in [1.82, 2.24) is 10.6 Å². The van der Waals surface area contributed by atoms with Crippen LogP contribution in [0.5, 0.6) is 11.5 Å². The normalized spacial score (nSPS) is 19.5. The lowest BCUT2D eigenvalue weighted by Gasteiger charge is -2.19. The molecule has 0 spiro atoms. The molecule has 1 atom stereocenters. The molecule has 0 aromatic heterocycles. The van der Waals surface area contributed by atoms with Gasteiger partial charge in [-0.25, -0.2) is 0 Å². The highest BCUT2D eigenvalue weighted by Crippen LogP contribution is 2.32. The van der Waals surface area contributed by atoms with Crippen LogP contribution in [0, 0.1) is 0 Å². The average molecular weight is 323 g/mol. The Kier molecular flexibility index (Phi) is 4.69. The van der Waals surface area contributed by atoms with Crippen molar-refractivity contribution < 1.29 is 19.1 Å². The van der Waals surface area contributed by atoms with E-state index in [4.69, 9.17) is 9.47 Å². The molecule has 118 valence electrons. The summed E-state index contributed by atoms with van der Waals surface area (Å²) < 4.78 is 10.9. The molecule has 0 saturated carbocycles. The highest BCUT2D eigenvalue weighted by atomic mass is 32.2. The number of rotatable bonds is 4. The van der Waals surface area contributed by atoms with E-state index >= 15 is 0 Å². The molecule has 0 radical (unpaired) electrons. The van der Waals surface area contributed by atoms with Crippen LogP contribution in [0.15, 0.2) is 18.2 Å². The van der Waals surface area contributed by atoms with Gasteiger partial charge in [0.2, 0.25) is 11.8 Å². The SMILES string of the molecule is O=C(CNC(=O)C1CSCN1)Nc1ccc2c(c1)OCCO2. The van der Waals surface area contributed by atoms with Gasteiger partial charge in [-0.05, 0) is 12.1 Å². The molecule has 0 bridgehead atoms. The van der Waals surface area contributed by atoms with Gasteiger partial charge in [0.25, 0.3) is 0 Å². The van der Waals surface area contributed by atoms with E-state index in [0.717, 1.165) is 11.6 Å². The molecule has 22 heavy (non-hydrogen) atoms. The molecule has 2 aliphatic heterocycles. The molecule has 1 saturated heterocycles. The minimum Gasteiger partial charge on any atom is -0.486 e. The topological polar surface area (TPSA) is 88.7 Å². The molecule has 8 heteroatoms. The van der Waals surface area contributed by atoms with Crippen LogP contribution in [-0.2, 0) is 9.59 Å². The number of ether oxygens (including phenoxy) is 2. The second kappa shape index (κ2) is 6.89. The Morgan fingerprint density at radius 3 is 2.86 bits per heavy atom. The molecule has 3 N–H and O–H groups in total. The van der Waals surface area contributed by atoms with Gasteiger partial charge in [0.05, 0.1) is 12.6 Å². The summed E-state index contributed by atoms with van der Waals surface area (Å²) in [5, 5.41) is 8.40. The summed E-state index contributed by atoms with van der Waals surface area (Å²) in [5.41, 5.74) is 0.609. The Morgan fingerprint density at radius 1 is 1.27 bits per heavy atom. The summed E-state index contributed by atoms with van der Waals surface area (Å²) in [6.07, 6.45) is 0. The maximum absolute atomic E-state index is 11.9. The fraction of sp³-hybridized carbons (Fsp3) is 0.429. The molecule has 3 rings (SSSR count). The largest absolute Gasteiger partial charge is 0.486 e. The number of thioether (sulfide) groups is 1. The van der Waals surface area contributed by atoms with Gasteiger partial charge in [-0.2, -0.15) is 0 Å². The van der Waals surface area contributed by atoms with Gasteiger partial charge in [-0.1, -0.05) is 0 Å². The fourth-order valence-electron chi connectivity index (χ4n) is 2.18. The molecule has 2 heterocycles. The summed E-state index contributed by atoms with van der Waals surface area (Å²) in [6.45, 7) is 0.960. The summed E-state index contributed by atoms with van der Waals surface area (Å²) >= 11 is 1.66. The number of carbonyl (C=O) groups is 2. The molecular weight excluding hydrogens is 306 g/mol. The van der Waals surface area contributed by atoms with E-state index in [2.05, 4.69) is 16.0 Å². The van der Waals surface area contributed by atoms with Crippen molar-refractivity contribution in [2.24, 2.45) is 0 Å². The van der Waals surface area contributed by atoms with E-state index in [1.807, 2.05) is 0 Å². The first kappa shape index (κ1) is 15.0. The van der Waals surface area contributed by atoms with E-state index < -0.39 is 0 Å². The molecule has 1 unspecified atom stereocenters. The summed E-state index contributed by atoms with van der Waals surface area (Å²) in [4.78, 5) is 23.7. The second-order valence-electron chi connectivity index (χ2n) is 4.90. The standard InChI is InChI=1S/C14H17N3O4S/c18-13(6-15-14(19)10-7-22-8-16-10)17-9-1-2-11-12(5-9)21-4-3-20-11/h1-2,5,10,16H,3-4,6-8H2,(H,15,19)(H,17,18). The first-order valence-electron chi connectivity index (χ1n) is 7.01. The van der Waals surface area contributed by atoms with Crippen molar-refractivity contribution in [2.75, 3.05) is 36.7 Å². The van der Waals surface area contributed by atoms with E-state index in [9.17, 15) is 9.59 Å². The predicted octanol–water partition coefficient (Wildman–Crippen LogP) is 0.175. The Morgan fingerprint density at radius 2 is 2.09 bits per heavy atom. The van der Waals surface area contributed by atoms with Crippen molar-refractivity contribution in [3.8, 4) is 11.5 Å². The molecule has 1 fully saturated rings. The van der Waals surface area contributed by atoms with Crippen molar-refractivity contribution in [2.45, 2.75) is 6.04 Å². The lowest BCUT2D eigenvalue weighted by atomic mass is 10.2. The van der Waals surface area contributed by atoms with Crippen LogP contribution < -0.4 is 25.4 Å². The number of fused-ring (bicyclic) bond motifs is 1. The summed E-state index contributed by atoms with van der Waals surface area (Å²) in [7, 11) is 0. The Balaban J connectivity index is 1.50. The molecule has 0 aliphatic carbocycles. The van der Waals surface area contributed by atoms with Crippen LogP contribution in [-0.4, -0.2) is 49.2 Å². The maximum Gasteiger partial charge on any atom is 0.243 e. The summed E-state index contributed by atoms with van der Waals surface area (Å²) in [5.74, 6) is 2.34. The lowest BCUT2D eigenvalue weighted by molar-refractivity contribution is -0.125. The average Bonchev–Trinajstić information content (AvgIpc) is 3.07. The van der Waals surface area contributed by atoms with Crippen LogP contribution in [0.4, 0.5) is 5.69 Å². The van der Waals surface area contributed by atoms with Gasteiger partial charge in [-0.3, -0.25) is 14.9 Å². The third kappa shape index (κ3) is 3.63. The first-order chi connectivity index (χ1) is 10.7. The van der Waals surface area contributed by atoms with Gasteiger partial charge in [0, 0.05) is 23.4 Å². The van der Waals surface area contributed by atoms with Gasteiger partial charge in [-0.15, -0.1) is 11.8 Å². The summed E-state index contributed by atoms with van der Waals surface area (Å²) in [6, 6.07) is 4.99. The van der Waals surface area contributed by atoms with Crippen LogP contribution in [0.2, 0.25) is 0 Å². The second-order valence-corrected chi connectivity index (χ2v) is 5.93. The lowest BCUT2D eigenvalue weighted by Crippen LogP contribution is -2.44. The third-order valence-corrected chi connectivity index (χ3v) is 4.22. The zero-order chi connectivity index (χ0) is 15.4. The van der Waals surface area contributed by atoms with E-state index in [1.165, 1.54) is 0 Å². The van der Waals surface area contributed by atoms with Crippen LogP contribution in [0.25, 0.3) is 0 Å². The van der Waals surface area contributed by atoms with Gasteiger partial charge >= 0.3 is 0 Å².